The summed E-state index contributed by atoms with van der Waals surface area (Å²) in [7, 11) is -3.28. The highest BCUT2D eigenvalue weighted by atomic mass is 28.4. The summed E-state index contributed by atoms with van der Waals surface area (Å²) >= 11 is 0. The first-order valence-corrected chi connectivity index (χ1v) is 6.98. The van der Waals surface area contributed by atoms with Gasteiger partial charge in [0.05, 0.1) is 6.61 Å². The quantitative estimate of drug-likeness (QED) is 0.601. The molecule has 0 aromatic carbocycles. The van der Waals surface area contributed by atoms with E-state index in [1.54, 1.807) is 27.7 Å². The van der Waals surface area contributed by atoms with E-state index in [1.807, 2.05) is 0 Å². The molecule has 0 amide bonds. The lowest BCUT2D eigenvalue weighted by molar-refractivity contribution is 0.0610. The van der Waals surface area contributed by atoms with Gasteiger partial charge in [0, 0.05) is 19.8 Å². The van der Waals surface area contributed by atoms with Crippen LogP contribution in [0.25, 0.3) is 0 Å². The second kappa shape index (κ2) is 7.81. The molecule has 0 aliphatic heterocycles. The zero-order valence-electron chi connectivity index (χ0n) is 9.87. The molecule has 0 aromatic heterocycles. The first-order valence-electron chi connectivity index (χ1n) is 5.25. The third-order valence-corrected chi connectivity index (χ3v) is 4.18. The summed E-state index contributed by atoms with van der Waals surface area (Å²) in [6, 6.07) is 0. The van der Waals surface area contributed by atoms with E-state index in [0.717, 1.165) is 0 Å². The minimum atomic E-state index is -3.28. The molecule has 0 spiro atoms. The van der Waals surface area contributed by atoms with Crippen molar-refractivity contribution in [2.24, 2.45) is 0 Å². The summed E-state index contributed by atoms with van der Waals surface area (Å²) in [5.41, 5.74) is -0.504. The maximum absolute atomic E-state index is 11.7. The minimum Gasteiger partial charge on any atom is -0.464 e. The van der Waals surface area contributed by atoms with E-state index < -0.39 is 14.4 Å². The highest BCUT2D eigenvalue weighted by molar-refractivity contribution is 6.90. The molecule has 5 nitrogen and oxygen atoms in total. The van der Waals surface area contributed by atoms with E-state index in [1.165, 1.54) is 0 Å². The number of carbonyl (C=O) groups excluding carboxylic acids is 1. The monoisotopic (exact) mass is 236 g/mol. The van der Waals surface area contributed by atoms with E-state index >= 15 is 0 Å². The predicted molar refractivity (Wildman–Crippen MR) is 57.7 cm³/mol. The fourth-order valence-electron chi connectivity index (χ4n) is 1.09. The van der Waals surface area contributed by atoms with Gasteiger partial charge in [-0.25, -0.2) is 4.79 Å². The molecule has 90 valence electrons. The van der Waals surface area contributed by atoms with Crippen LogP contribution in [0.5, 0.6) is 0 Å². The Balaban J connectivity index is 4.65. The van der Waals surface area contributed by atoms with Crippen LogP contribution in [-0.4, -0.2) is 40.8 Å². The number of hydrogen-bond donors (Lipinski definition) is 0. The average molecular weight is 236 g/mol. The van der Waals surface area contributed by atoms with E-state index in [9.17, 15) is 4.79 Å². The third kappa shape index (κ3) is 4.29. The summed E-state index contributed by atoms with van der Waals surface area (Å²) in [6.45, 7) is 8.50. The van der Waals surface area contributed by atoms with E-state index in [-0.39, 0.29) is 0 Å². The van der Waals surface area contributed by atoms with Gasteiger partial charge < -0.3 is 18.0 Å². The van der Waals surface area contributed by atoms with Gasteiger partial charge in [0.1, 0.15) is 0 Å². The van der Waals surface area contributed by atoms with Crippen molar-refractivity contribution in [2.45, 2.75) is 27.7 Å². The molecule has 0 aliphatic rings. The van der Waals surface area contributed by atoms with Crippen LogP contribution >= 0.6 is 0 Å². The largest absolute Gasteiger partial charge is 0.621 e. The molecule has 0 bridgehead atoms. The lowest BCUT2D eigenvalue weighted by atomic mass is 10.9. The molecule has 0 aliphatic carbocycles. The van der Waals surface area contributed by atoms with Crippen molar-refractivity contribution in [2.75, 3.05) is 26.4 Å². The highest BCUT2D eigenvalue weighted by Crippen LogP contribution is 2.13. The van der Waals surface area contributed by atoms with Gasteiger partial charge in [0.15, 0.2) is 0 Å². The Labute approximate surface area is 92.0 Å². The maximum atomic E-state index is 11.7. The number of rotatable bonds is 8. The zero-order chi connectivity index (χ0) is 11.7. The highest BCUT2D eigenvalue weighted by Gasteiger charge is 2.52. The van der Waals surface area contributed by atoms with Crippen LogP contribution in [0.2, 0.25) is 0 Å². The standard InChI is InChI=1S/C9H20O5Si/c1-5-11-9(10)15(12-6-2,13-7-3)14-8-4/h5-8H2,1-4H3. The second-order valence-electron chi connectivity index (χ2n) is 2.58. The molecule has 0 aromatic rings. The molecule has 0 N–H and O–H groups in total. The summed E-state index contributed by atoms with van der Waals surface area (Å²) in [5.74, 6) is 0. The Kier molecular flexibility index (Phi) is 7.58. The SMILES string of the molecule is CCOC(=O)[Si](OCC)(OCC)OCC. The van der Waals surface area contributed by atoms with Crippen molar-refractivity contribution in [3.05, 3.63) is 0 Å². The zero-order valence-corrected chi connectivity index (χ0v) is 10.9. The third-order valence-electron chi connectivity index (χ3n) is 1.53. The molecule has 0 unspecified atom stereocenters. The second-order valence-corrected chi connectivity index (χ2v) is 4.96. The molecular formula is C9H20O5Si. The van der Waals surface area contributed by atoms with Crippen molar-refractivity contribution in [3.8, 4) is 0 Å². The van der Waals surface area contributed by atoms with Crippen molar-refractivity contribution in [1.82, 2.24) is 0 Å². The first kappa shape index (κ1) is 14.6. The van der Waals surface area contributed by atoms with Crippen molar-refractivity contribution >= 4 is 14.4 Å². The Morgan fingerprint density at radius 3 is 1.53 bits per heavy atom. The molecule has 0 fully saturated rings. The van der Waals surface area contributed by atoms with Crippen LogP contribution in [0.4, 0.5) is 4.79 Å². The summed E-state index contributed by atoms with van der Waals surface area (Å²) < 4.78 is 20.9. The Bertz CT molecular complexity index is 168. The Morgan fingerprint density at radius 2 is 1.27 bits per heavy atom. The molecule has 6 heteroatoms. The van der Waals surface area contributed by atoms with Gasteiger partial charge in [0.25, 0.3) is 0 Å². The lowest BCUT2D eigenvalue weighted by Crippen LogP contribution is -2.54. The molecule has 0 radical (unpaired) electrons. The molecular weight excluding hydrogens is 216 g/mol. The summed E-state index contributed by atoms with van der Waals surface area (Å²) in [4.78, 5) is 11.7. The van der Waals surface area contributed by atoms with Crippen molar-refractivity contribution in [3.63, 3.8) is 0 Å². The van der Waals surface area contributed by atoms with Crippen molar-refractivity contribution in [1.29, 1.82) is 0 Å². The average Bonchev–Trinajstić information content (AvgIpc) is 2.19. The minimum absolute atomic E-state index is 0.292. The summed E-state index contributed by atoms with van der Waals surface area (Å²) in [6.07, 6.45) is 0. The molecule has 15 heavy (non-hydrogen) atoms. The van der Waals surface area contributed by atoms with Gasteiger partial charge in [-0.1, -0.05) is 0 Å². The van der Waals surface area contributed by atoms with Crippen LogP contribution in [0, 0.1) is 0 Å². The smallest absolute Gasteiger partial charge is 0.464 e. The van der Waals surface area contributed by atoms with E-state index in [2.05, 4.69) is 0 Å². The first-order chi connectivity index (χ1) is 7.16. The van der Waals surface area contributed by atoms with Crippen LogP contribution in [0.3, 0.4) is 0 Å². The number of hydrogen-bond acceptors (Lipinski definition) is 5. The molecule has 0 saturated carbocycles. The topological polar surface area (TPSA) is 54.0 Å². The Hall–Kier alpha value is -0.433. The van der Waals surface area contributed by atoms with Gasteiger partial charge in [0.2, 0.25) is 0 Å². The fraction of sp³-hybridized carbons (Fsp3) is 0.889. The molecule has 0 atom stereocenters. The molecule has 0 rings (SSSR count). The van der Waals surface area contributed by atoms with Crippen LogP contribution < -0.4 is 0 Å². The normalized spacial score (nSPS) is 11.5. The van der Waals surface area contributed by atoms with Crippen molar-refractivity contribution < 1.29 is 22.8 Å². The van der Waals surface area contributed by atoms with E-state index in [4.69, 9.17) is 18.0 Å². The van der Waals surface area contributed by atoms with Gasteiger partial charge in [-0.15, -0.1) is 0 Å². The fourth-order valence-corrected chi connectivity index (χ4v) is 3.16. The van der Waals surface area contributed by atoms with Gasteiger partial charge in [-0.05, 0) is 27.7 Å². The number of carbonyl (C=O) groups is 1. The van der Waals surface area contributed by atoms with Crippen LogP contribution in [0.1, 0.15) is 27.7 Å². The number of ether oxygens (including phenoxy) is 1. The van der Waals surface area contributed by atoms with Crippen LogP contribution in [0.15, 0.2) is 0 Å². The Morgan fingerprint density at radius 1 is 0.867 bits per heavy atom. The lowest BCUT2D eigenvalue weighted by Gasteiger charge is -2.25. The summed E-state index contributed by atoms with van der Waals surface area (Å²) in [5, 5.41) is 0. The van der Waals surface area contributed by atoms with Crippen LogP contribution in [-0.2, 0) is 18.0 Å². The van der Waals surface area contributed by atoms with Gasteiger partial charge in [-0.2, -0.15) is 0 Å². The molecule has 0 heterocycles. The molecule has 0 saturated heterocycles. The van der Waals surface area contributed by atoms with E-state index in [0.29, 0.717) is 26.4 Å². The van der Waals surface area contributed by atoms with Gasteiger partial charge in [-0.3, -0.25) is 0 Å². The maximum Gasteiger partial charge on any atom is 0.621 e. The predicted octanol–water partition coefficient (Wildman–Crippen LogP) is 1.77. The van der Waals surface area contributed by atoms with Gasteiger partial charge >= 0.3 is 14.4 Å².